The highest BCUT2D eigenvalue weighted by Gasteiger charge is 2.09. The summed E-state index contributed by atoms with van der Waals surface area (Å²) >= 11 is 1.28. The van der Waals surface area contributed by atoms with Crippen LogP contribution in [0.15, 0.2) is 47.6 Å². The molecule has 27 heavy (non-hydrogen) atoms. The molecule has 0 aliphatic carbocycles. The Morgan fingerprint density at radius 1 is 1.33 bits per heavy atom. The predicted molar refractivity (Wildman–Crippen MR) is 106 cm³/mol. The molecule has 2 aromatic carbocycles. The number of nitrogens with one attached hydrogen (secondary N) is 1. The summed E-state index contributed by atoms with van der Waals surface area (Å²) in [5, 5.41) is 23.9. The number of carbonyl (C=O) groups is 1. The number of anilines is 1. The number of benzene rings is 2. The predicted octanol–water partition coefficient (Wildman–Crippen LogP) is 3.76. The molecule has 0 aliphatic heterocycles. The minimum absolute atomic E-state index is 0.00873. The van der Waals surface area contributed by atoms with E-state index in [2.05, 4.69) is 10.5 Å². The van der Waals surface area contributed by atoms with Crippen LogP contribution in [0.4, 0.5) is 11.4 Å². The lowest BCUT2D eigenvalue weighted by atomic mass is 10.1. The van der Waals surface area contributed by atoms with Crippen LogP contribution in [0, 0.1) is 10.1 Å². The molecule has 142 valence electrons. The summed E-state index contributed by atoms with van der Waals surface area (Å²) in [5.41, 5.74) is 5.68. The maximum Gasteiger partial charge on any atom is 0.313 e. The molecule has 2 rings (SSSR count). The summed E-state index contributed by atoms with van der Waals surface area (Å²) in [6.07, 6.45) is 0. The maximum atomic E-state index is 10.8. The number of thioether (sulfide) groups is 1. The fourth-order valence-corrected chi connectivity index (χ4v) is 2.99. The number of hydrazone groups is 1. The van der Waals surface area contributed by atoms with Gasteiger partial charge in [-0.25, -0.2) is 0 Å². The number of aliphatic carboxylic acids is 1. The molecular formula is C18H19N3O5S. The Morgan fingerprint density at radius 2 is 2.11 bits per heavy atom. The molecule has 0 spiro atoms. The molecule has 0 atom stereocenters. The number of methoxy groups -OCH3 is 1. The number of ether oxygens (including phenoxy) is 1. The van der Waals surface area contributed by atoms with Gasteiger partial charge in [0.05, 0.1) is 29.2 Å². The molecular weight excluding hydrogens is 370 g/mol. The van der Waals surface area contributed by atoms with Gasteiger partial charge in [-0.3, -0.25) is 20.3 Å². The fraction of sp³-hybridized carbons (Fsp3) is 0.222. The monoisotopic (exact) mass is 389 g/mol. The van der Waals surface area contributed by atoms with E-state index in [4.69, 9.17) is 9.84 Å². The van der Waals surface area contributed by atoms with Crippen LogP contribution in [0.3, 0.4) is 0 Å². The number of hydrogen-bond donors (Lipinski definition) is 2. The molecule has 0 saturated heterocycles. The van der Waals surface area contributed by atoms with Gasteiger partial charge in [-0.15, -0.1) is 11.8 Å². The van der Waals surface area contributed by atoms with E-state index in [1.165, 1.54) is 23.9 Å². The second-order valence-electron chi connectivity index (χ2n) is 5.53. The lowest BCUT2D eigenvalue weighted by Gasteiger charge is -2.11. The van der Waals surface area contributed by atoms with Crippen LogP contribution in [0.5, 0.6) is 5.75 Å². The van der Waals surface area contributed by atoms with Crippen molar-refractivity contribution in [2.45, 2.75) is 12.7 Å². The molecule has 0 aliphatic rings. The van der Waals surface area contributed by atoms with Crippen molar-refractivity contribution in [3.8, 4) is 5.75 Å². The Morgan fingerprint density at radius 3 is 2.78 bits per heavy atom. The van der Waals surface area contributed by atoms with Gasteiger partial charge in [0.15, 0.2) is 0 Å². The summed E-state index contributed by atoms with van der Waals surface area (Å²) in [5.74, 6) is 0.314. The van der Waals surface area contributed by atoms with E-state index < -0.39 is 10.9 Å². The average molecular weight is 389 g/mol. The van der Waals surface area contributed by atoms with Crippen molar-refractivity contribution in [3.63, 3.8) is 0 Å². The first-order valence-corrected chi connectivity index (χ1v) is 9.07. The molecule has 0 unspecified atom stereocenters. The van der Waals surface area contributed by atoms with Crippen LogP contribution in [-0.2, 0) is 10.5 Å². The smallest absolute Gasteiger partial charge is 0.313 e. The van der Waals surface area contributed by atoms with Crippen LogP contribution in [0.1, 0.15) is 18.1 Å². The van der Waals surface area contributed by atoms with Gasteiger partial charge in [0.1, 0.15) is 5.75 Å². The summed E-state index contributed by atoms with van der Waals surface area (Å²) in [7, 11) is 1.56. The fourth-order valence-electron chi connectivity index (χ4n) is 2.27. The number of carboxylic acids is 1. The molecule has 0 bridgehead atoms. The van der Waals surface area contributed by atoms with Gasteiger partial charge in [0.25, 0.3) is 5.69 Å². The summed E-state index contributed by atoms with van der Waals surface area (Å²) in [4.78, 5) is 21.0. The molecule has 0 aromatic heterocycles. The maximum absolute atomic E-state index is 10.8. The minimum atomic E-state index is -0.867. The van der Waals surface area contributed by atoms with Crippen molar-refractivity contribution in [2.75, 3.05) is 18.3 Å². The van der Waals surface area contributed by atoms with Gasteiger partial charge in [0, 0.05) is 23.4 Å². The SMILES string of the molecule is COc1ccc(/C(C)=N\Nc2cccc([N+](=O)[O-])c2)cc1CSCC(=O)O. The van der Waals surface area contributed by atoms with Crippen LogP contribution in [0.25, 0.3) is 0 Å². The van der Waals surface area contributed by atoms with Crippen molar-refractivity contribution in [1.82, 2.24) is 0 Å². The highest BCUT2D eigenvalue weighted by molar-refractivity contribution is 7.99. The third kappa shape index (κ3) is 6.00. The number of nitrogens with zero attached hydrogens (tertiary/aromatic N) is 2. The first-order valence-electron chi connectivity index (χ1n) is 7.92. The van der Waals surface area contributed by atoms with Crippen molar-refractivity contribution in [3.05, 3.63) is 63.7 Å². The van der Waals surface area contributed by atoms with Crippen molar-refractivity contribution >= 4 is 34.8 Å². The Hall–Kier alpha value is -3.07. The second kappa shape index (κ2) is 9.58. The molecule has 2 N–H and O–H groups in total. The Kier molecular flexibility index (Phi) is 7.18. The van der Waals surface area contributed by atoms with Gasteiger partial charge in [-0.1, -0.05) is 6.07 Å². The van der Waals surface area contributed by atoms with E-state index in [0.29, 0.717) is 22.9 Å². The molecule has 0 amide bonds. The van der Waals surface area contributed by atoms with E-state index in [-0.39, 0.29) is 11.4 Å². The van der Waals surface area contributed by atoms with Crippen molar-refractivity contribution in [2.24, 2.45) is 5.10 Å². The number of nitro groups is 1. The van der Waals surface area contributed by atoms with Crippen LogP contribution in [-0.4, -0.2) is 34.6 Å². The lowest BCUT2D eigenvalue weighted by molar-refractivity contribution is -0.384. The van der Waals surface area contributed by atoms with Gasteiger partial charge in [-0.2, -0.15) is 5.10 Å². The van der Waals surface area contributed by atoms with Crippen molar-refractivity contribution < 1.29 is 19.6 Å². The van der Waals surface area contributed by atoms with Crippen LogP contribution in [0.2, 0.25) is 0 Å². The summed E-state index contributed by atoms with van der Waals surface area (Å²) in [6.45, 7) is 1.81. The van der Waals surface area contributed by atoms with Crippen LogP contribution < -0.4 is 10.2 Å². The zero-order valence-corrected chi connectivity index (χ0v) is 15.7. The molecule has 9 heteroatoms. The van der Waals surface area contributed by atoms with E-state index in [9.17, 15) is 14.9 Å². The van der Waals surface area contributed by atoms with E-state index in [1.807, 2.05) is 12.1 Å². The van der Waals surface area contributed by atoms with Gasteiger partial charge >= 0.3 is 5.97 Å². The van der Waals surface area contributed by atoms with Gasteiger partial charge in [0.2, 0.25) is 0 Å². The topological polar surface area (TPSA) is 114 Å². The molecule has 0 heterocycles. The van der Waals surface area contributed by atoms with Gasteiger partial charge < -0.3 is 9.84 Å². The number of non-ortho nitro benzene ring substituents is 1. The molecule has 0 fully saturated rings. The highest BCUT2D eigenvalue weighted by Crippen LogP contribution is 2.25. The number of rotatable bonds is 9. The molecule has 8 nitrogen and oxygen atoms in total. The number of carboxylic acid groups (broad SMARTS) is 1. The van der Waals surface area contributed by atoms with Crippen molar-refractivity contribution in [1.29, 1.82) is 0 Å². The van der Waals surface area contributed by atoms with E-state index in [0.717, 1.165) is 11.1 Å². The summed E-state index contributed by atoms with van der Waals surface area (Å²) < 4.78 is 5.32. The first-order chi connectivity index (χ1) is 12.9. The highest BCUT2D eigenvalue weighted by atomic mass is 32.2. The minimum Gasteiger partial charge on any atom is -0.496 e. The molecule has 0 radical (unpaired) electrons. The van der Waals surface area contributed by atoms with E-state index >= 15 is 0 Å². The lowest BCUT2D eigenvalue weighted by Crippen LogP contribution is -2.03. The average Bonchev–Trinajstić information content (AvgIpc) is 2.66. The van der Waals surface area contributed by atoms with Crippen LogP contribution >= 0.6 is 11.8 Å². The third-order valence-electron chi connectivity index (χ3n) is 3.59. The Labute approximate surface area is 160 Å². The Balaban J connectivity index is 2.15. The number of nitro benzene ring substituents is 1. The second-order valence-corrected chi connectivity index (χ2v) is 6.52. The number of hydrogen-bond acceptors (Lipinski definition) is 7. The van der Waals surface area contributed by atoms with Gasteiger partial charge in [-0.05, 0) is 36.8 Å². The largest absolute Gasteiger partial charge is 0.496 e. The zero-order valence-electron chi connectivity index (χ0n) is 14.8. The Bertz CT molecular complexity index is 870. The first kappa shape index (κ1) is 20.2. The van der Waals surface area contributed by atoms with E-state index in [1.54, 1.807) is 32.2 Å². The standard InChI is InChI=1S/C18H19N3O5S/c1-12(19-20-15-4-3-5-16(9-15)21(24)25)13-6-7-17(26-2)14(8-13)10-27-11-18(22)23/h3-9,20H,10-11H2,1-2H3,(H,22,23)/b19-12-. The molecule has 0 saturated carbocycles. The quantitative estimate of drug-likeness (QED) is 0.381. The molecule has 2 aromatic rings. The zero-order chi connectivity index (χ0) is 19.8. The third-order valence-corrected chi connectivity index (χ3v) is 4.56. The normalized spacial score (nSPS) is 11.1. The summed E-state index contributed by atoms with van der Waals surface area (Å²) in [6, 6.07) is 11.6.